The van der Waals surface area contributed by atoms with Crippen molar-refractivity contribution in [1.29, 1.82) is 0 Å². The van der Waals surface area contributed by atoms with Crippen LogP contribution in [0.2, 0.25) is 0 Å². The Hall–Kier alpha value is -1.35. The Morgan fingerprint density at radius 3 is 3.07 bits per heavy atom. The number of methoxy groups -OCH3 is 1. The molecule has 1 N–H and O–H groups in total. The van der Waals surface area contributed by atoms with Crippen molar-refractivity contribution < 1.29 is 4.74 Å². The van der Waals surface area contributed by atoms with Gasteiger partial charge in [-0.15, -0.1) is 0 Å². The number of hydrogen-bond acceptors (Lipinski definition) is 3. The summed E-state index contributed by atoms with van der Waals surface area (Å²) in [6.45, 7) is 2.00. The van der Waals surface area contributed by atoms with Gasteiger partial charge in [0.05, 0.1) is 13.3 Å². The molecule has 1 aliphatic heterocycles. The molecule has 0 unspecified atom stereocenters. The van der Waals surface area contributed by atoms with Gasteiger partial charge in [0.15, 0.2) is 0 Å². The van der Waals surface area contributed by atoms with Crippen molar-refractivity contribution in [3.8, 4) is 5.75 Å². The maximum Gasteiger partial charge on any atom is 0.137 e. The average molecular weight is 190 g/mol. The molecule has 0 atom stereocenters. The van der Waals surface area contributed by atoms with Gasteiger partial charge in [-0.2, -0.15) is 0 Å². The molecule has 1 aromatic rings. The highest BCUT2D eigenvalue weighted by Gasteiger charge is 2.06. The molecular weight excluding hydrogens is 176 g/mol. The Morgan fingerprint density at radius 1 is 1.43 bits per heavy atom. The maximum absolute atomic E-state index is 5.14. The molecule has 2 rings (SSSR count). The van der Waals surface area contributed by atoms with Crippen molar-refractivity contribution in [1.82, 2.24) is 10.3 Å². The molecule has 3 nitrogen and oxygen atoms in total. The summed E-state index contributed by atoms with van der Waals surface area (Å²) in [5.41, 5.74) is 2.46. The minimum atomic E-state index is 0.814. The summed E-state index contributed by atoms with van der Waals surface area (Å²) < 4.78 is 5.14. The van der Waals surface area contributed by atoms with E-state index in [-0.39, 0.29) is 0 Å². The van der Waals surface area contributed by atoms with Gasteiger partial charge in [-0.05, 0) is 24.6 Å². The van der Waals surface area contributed by atoms with Crippen LogP contribution < -0.4 is 10.1 Å². The number of nitrogens with zero attached hydrogens (tertiary/aromatic N) is 1. The highest BCUT2D eigenvalue weighted by Crippen LogP contribution is 2.19. The van der Waals surface area contributed by atoms with Crippen molar-refractivity contribution in [3.05, 3.63) is 30.1 Å². The van der Waals surface area contributed by atoms with Gasteiger partial charge in [0.1, 0.15) is 5.75 Å². The molecule has 0 bridgehead atoms. The average Bonchev–Trinajstić information content (AvgIpc) is 2.30. The Balaban J connectivity index is 2.26. The summed E-state index contributed by atoms with van der Waals surface area (Å²) >= 11 is 0. The number of nitrogens with one attached hydrogen (secondary N) is 1. The topological polar surface area (TPSA) is 34.1 Å². The molecule has 2 heterocycles. The number of hydrogen-bond donors (Lipinski definition) is 1. The first-order valence-corrected chi connectivity index (χ1v) is 4.79. The van der Waals surface area contributed by atoms with Gasteiger partial charge in [0, 0.05) is 18.3 Å². The molecule has 1 aromatic heterocycles. The summed E-state index contributed by atoms with van der Waals surface area (Å²) in [4.78, 5) is 4.14. The van der Waals surface area contributed by atoms with Gasteiger partial charge in [0.2, 0.25) is 0 Å². The highest BCUT2D eigenvalue weighted by atomic mass is 16.5. The third-order valence-corrected chi connectivity index (χ3v) is 2.35. The molecular formula is C11H14N2O. The zero-order valence-electron chi connectivity index (χ0n) is 8.29. The van der Waals surface area contributed by atoms with Crippen LogP contribution in [0.15, 0.2) is 24.5 Å². The number of rotatable bonds is 2. The lowest BCUT2D eigenvalue weighted by Crippen LogP contribution is -2.21. The first-order valence-electron chi connectivity index (χ1n) is 4.79. The Morgan fingerprint density at radius 2 is 2.36 bits per heavy atom. The Labute approximate surface area is 83.8 Å². The number of pyridine rings is 1. The zero-order valence-corrected chi connectivity index (χ0v) is 8.29. The van der Waals surface area contributed by atoms with E-state index < -0.39 is 0 Å². The normalized spacial score (nSPS) is 16.2. The quantitative estimate of drug-likeness (QED) is 0.766. The minimum Gasteiger partial charge on any atom is -0.495 e. The fourth-order valence-corrected chi connectivity index (χ4v) is 1.57. The number of ether oxygens (including phenoxy) is 1. The molecule has 0 aromatic carbocycles. The van der Waals surface area contributed by atoms with Gasteiger partial charge in [-0.25, -0.2) is 0 Å². The molecule has 0 saturated carbocycles. The van der Waals surface area contributed by atoms with Crippen LogP contribution >= 0.6 is 0 Å². The van der Waals surface area contributed by atoms with Crippen LogP contribution in [-0.2, 0) is 0 Å². The van der Waals surface area contributed by atoms with Crippen molar-refractivity contribution in [2.75, 3.05) is 20.2 Å². The van der Waals surface area contributed by atoms with E-state index in [1.807, 2.05) is 12.3 Å². The van der Waals surface area contributed by atoms with E-state index >= 15 is 0 Å². The van der Waals surface area contributed by atoms with Crippen LogP contribution in [0, 0.1) is 0 Å². The predicted octanol–water partition coefficient (Wildman–Crippen LogP) is 1.47. The van der Waals surface area contributed by atoms with E-state index in [0.717, 1.165) is 30.8 Å². The summed E-state index contributed by atoms with van der Waals surface area (Å²) in [6, 6.07) is 2.02. The van der Waals surface area contributed by atoms with E-state index in [0.29, 0.717) is 0 Å². The first-order chi connectivity index (χ1) is 6.90. The largest absolute Gasteiger partial charge is 0.495 e. The Bertz CT molecular complexity index is 347. The number of aromatic nitrogens is 1. The van der Waals surface area contributed by atoms with E-state index in [1.54, 1.807) is 13.3 Å². The summed E-state index contributed by atoms with van der Waals surface area (Å²) in [5.74, 6) is 0.814. The Kier molecular flexibility index (Phi) is 2.79. The molecule has 0 spiro atoms. The third-order valence-electron chi connectivity index (χ3n) is 2.35. The summed E-state index contributed by atoms with van der Waals surface area (Å²) in [6.07, 6.45) is 6.95. The van der Waals surface area contributed by atoms with Gasteiger partial charge >= 0.3 is 0 Å². The van der Waals surface area contributed by atoms with Crippen LogP contribution in [0.1, 0.15) is 12.0 Å². The molecule has 0 saturated heterocycles. The van der Waals surface area contributed by atoms with Gasteiger partial charge < -0.3 is 10.1 Å². The fourth-order valence-electron chi connectivity index (χ4n) is 1.57. The van der Waals surface area contributed by atoms with E-state index in [4.69, 9.17) is 4.74 Å². The second kappa shape index (κ2) is 4.24. The van der Waals surface area contributed by atoms with Crippen LogP contribution in [0.3, 0.4) is 0 Å². The zero-order chi connectivity index (χ0) is 9.80. The lowest BCUT2D eigenvalue weighted by atomic mass is 10.0. The van der Waals surface area contributed by atoms with Crippen LogP contribution in [0.5, 0.6) is 5.75 Å². The van der Waals surface area contributed by atoms with E-state index in [2.05, 4.69) is 16.4 Å². The SMILES string of the molecule is COc1cncc(C2=CCCNC2)c1. The third kappa shape index (κ3) is 1.93. The summed E-state index contributed by atoms with van der Waals surface area (Å²) in [7, 11) is 1.66. The second-order valence-corrected chi connectivity index (χ2v) is 3.31. The lowest BCUT2D eigenvalue weighted by Gasteiger charge is -2.14. The first kappa shape index (κ1) is 9.21. The van der Waals surface area contributed by atoms with E-state index in [9.17, 15) is 0 Å². The lowest BCUT2D eigenvalue weighted by molar-refractivity contribution is 0.412. The van der Waals surface area contributed by atoms with E-state index in [1.165, 1.54) is 5.57 Å². The smallest absolute Gasteiger partial charge is 0.137 e. The fraction of sp³-hybridized carbons (Fsp3) is 0.364. The van der Waals surface area contributed by atoms with Crippen molar-refractivity contribution in [2.24, 2.45) is 0 Å². The summed E-state index contributed by atoms with van der Waals surface area (Å²) in [5, 5.41) is 3.33. The van der Waals surface area contributed by atoms with Gasteiger partial charge in [0.25, 0.3) is 0 Å². The molecule has 74 valence electrons. The molecule has 0 aliphatic carbocycles. The predicted molar refractivity (Wildman–Crippen MR) is 56.3 cm³/mol. The molecule has 14 heavy (non-hydrogen) atoms. The van der Waals surface area contributed by atoms with Gasteiger partial charge in [-0.1, -0.05) is 6.08 Å². The highest BCUT2D eigenvalue weighted by molar-refractivity contribution is 5.67. The standard InChI is InChI=1S/C11H14N2O/c1-14-11-5-10(7-13-8-11)9-3-2-4-12-6-9/h3,5,7-8,12H,2,4,6H2,1H3. The van der Waals surface area contributed by atoms with Crippen LogP contribution in [-0.4, -0.2) is 25.2 Å². The molecule has 0 amide bonds. The molecule has 1 aliphatic rings. The van der Waals surface area contributed by atoms with Crippen molar-refractivity contribution >= 4 is 5.57 Å². The minimum absolute atomic E-state index is 0.814. The monoisotopic (exact) mass is 190 g/mol. The van der Waals surface area contributed by atoms with Crippen LogP contribution in [0.4, 0.5) is 0 Å². The molecule has 0 radical (unpaired) electrons. The van der Waals surface area contributed by atoms with Gasteiger partial charge in [-0.3, -0.25) is 4.98 Å². The second-order valence-electron chi connectivity index (χ2n) is 3.31. The molecule has 3 heteroatoms. The van der Waals surface area contributed by atoms with Crippen LogP contribution in [0.25, 0.3) is 5.57 Å². The maximum atomic E-state index is 5.14. The molecule has 0 fully saturated rings. The van der Waals surface area contributed by atoms with Crippen molar-refractivity contribution in [3.63, 3.8) is 0 Å². The van der Waals surface area contributed by atoms with Crippen molar-refractivity contribution in [2.45, 2.75) is 6.42 Å².